The number of amides is 1. The summed E-state index contributed by atoms with van der Waals surface area (Å²) in [5, 5.41) is 14.2. The maximum Gasteiger partial charge on any atom is 0.291 e. The first-order valence-electron chi connectivity index (χ1n) is 12.2. The van der Waals surface area contributed by atoms with Crippen LogP contribution < -0.4 is 14.8 Å². The molecule has 0 aliphatic rings. The number of nitrogens with one attached hydrogen (secondary N) is 1. The lowest BCUT2D eigenvalue weighted by Crippen LogP contribution is -2.11. The number of nitrogens with zero attached hydrogens (tertiary/aromatic N) is 1. The third kappa shape index (κ3) is 6.59. The Morgan fingerprint density at radius 2 is 1.68 bits per heavy atom. The molecule has 0 aliphatic heterocycles. The molecule has 0 atom stereocenters. The van der Waals surface area contributed by atoms with Crippen LogP contribution in [0.2, 0.25) is 0 Å². The number of carbonyl (C=O) groups excluding carboxylic acids is 1. The minimum atomic E-state index is -0.552. The van der Waals surface area contributed by atoms with Crippen LogP contribution in [0.4, 0.5) is 11.4 Å². The van der Waals surface area contributed by atoms with Crippen molar-refractivity contribution in [2.24, 2.45) is 0 Å². The van der Waals surface area contributed by atoms with Gasteiger partial charge in [0.25, 0.3) is 11.6 Å². The van der Waals surface area contributed by atoms with E-state index in [-0.39, 0.29) is 34.9 Å². The molecule has 0 spiro atoms. The monoisotopic (exact) mass is 514 g/mol. The van der Waals surface area contributed by atoms with Gasteiger partial charge in [0.1, 0.15) is 29.6 Å². The van der Waals surface area contributed by atoms with Crippen LogP contribution in [0, 0.1) is 24.0 Å². The first-order valence-corrected chi connectivity index (χ1v) is 12.2. The molecule has 0 radical (unpaired) electrons. The Hall–Kier alpha value is -4.59. The summed E-state index contributed by atoms with van der Waals surface area (Å²) in [4.78, 5) is 23.8. The van der Waals surface area contributed by atoms with Crippen LogP contribution in [0.5, 0.6) is 17.2 Å². The number of anilines is 1. The van der Waals surface area contributed by atoms with Crippen LogP contribution in [0.25, 0.3) is 0 Å². The highest BCUT2D eigenvalue weighted by Gasteiger charge is 2.17. The SMILES string of the molecule is Cc1ccc(C)c(Oc2cc(NC(=O)c3ccc(COc4ccc(C(C)(C)C)cc4)o3)cc([N+](=O)[O-])c2)c1. The molecular formula is C30H30N2O6. The van der Waals surface area contributed by atoms with E-state index >= 15 is 0 Å². The lowest BCUT2D eigenvalue weighted by atomic mass is 9.87. The van der Waals surface area contributed by atoms with Crippen molar-refractivity contribution in [1.29, 1.82) is 0 Å². The fraction of sp³-hybridized carbons (Fsp3) is 0.233. The van der Waals surface area contributed by atoms with Gasteiger partial charge in [-0.1, -0.05) is 45.0 Å². The van der Waals surface area contributed by atoms with Crippen molar-refractivity contribution in [2.45, 2.75) is 46.6 Å². The predicted molar refractivity (Wildman–Crippen MR) is 145 cm³/mol. The molecule has 8 nitrogen and oxygen atoms in total. The third-order valence-electron chi connectivity index (χ3n) is 5.92. The fourth-order valence-corrected chi connectivity index (χ4v) is 3.74. The van der Waals surface area contributed by atoms with Crippen molar-refractivity contribution in [3.8, 4) is 17.2 Å². The zero-order chi connectivity index (χ0) is 27.4. The van der Waals surface area contributed by atoms with Gasteiger partial charge in [0.2, 0.25) is 0 Å². The van der Waals surface area contributed by atoms with E-state index in [1.165, 1.54) is 29.8 Å². The highest BCUT2D eigenvalue weighted by molar-refractivity contribution is 6.02. The van der Waals surface area contributed by atoms with E-state index in [0.29, 0.717) is 17.3 Å². The van der Waals surface area contributed by atoms with Crippen LogP contribution >= 0.6 is 0 Å². The quantitative estimate of drug-likeness (QED) is 0.191. The highest BCUT2D eigenvalue weighted by atomic mass is 16.6. The second-order valence-electron chi connectivity index (χ2n) is 10.1. The van der Waals surface area contributed by atoms with Gasteiger partial charge in [-0.15, -0.1) is 0 Å². The summed E-state index contributed by atoms with van der Waals surface area (Å²) in [6.45, 7) is 10.4. The Balaban J connectivity index is 1.44. The molecule has 4 rings (SSSR count). The second-order valence-corrected chi connectivity index (χ2v) is 10.1. The molecule has 196 valence electrons. The lowest BCUT2D eigenvalue weighted by molar-refractivity contribution is -0.384. The summed E-state index contributed by atoms with van der Waals surface area (Å²) in [5.41, 5.74) is 3.11. The molecule has 0 saturated carbocycles. The Labute approximate surface area is 221 Å². The maximum atomic E-state index is 12.8. The molecule has 3 aromatic carbocycles. The van der Waals surface area contributed by atoms with Crippen molar-refractivity contribution in [3.05, 3.63) is 111 Å². The zero-order valence-corrected chi connectivity index (χ0v) is 22.0. The number of carbonyl (C=O) groups is 1. The normalized spacial score (nSPS) is 11.2. The van der Waals surface area contributed by atoms with E-state index in [4.69, 9.17) is 13.9 Å². The number of benzene rings is 3. The van der Waals surface area contributed by atoms with Gasteiger partial charge in [-0.05, 0) is 66.3 Å². The lowest BCUT2D eigenvalue weighted by Gasteiger charge is -2.19. The fourth-order valence-electron chi connectivity index (χ4n) is 3.74. The summed E-state index contributed by atoms with van der Waals surface area (Å²) < 4.78 is 17.4. The number of hydrogen-bond acceptors (Lipinski definition) is 6. The molecule has 38 heavy (non-hydrogen) atoms. The van der Waals surface area contributed by atoms with Crippen molar-refractivity contribution in [2.75, 3.05) is 5.32 Å². The van der Waals surface area contributed by atoms with E-state index < -0.39 is 10.8 Å². The summed E-state index contributed by atoms with van der Waals surface area (Å²) in [6, 6.07) is 20.8. The predicted octanol–water partition coefficient (Wildman–Crippen LogP) is 7.73. The highest BCUT2D eigenvalue weighted by Crippen LogP contribution is 2.32. The molecule has 1 amide bonds. The maximum absolute atomic E-state index is 12.8. The van der Waals surface area contributed by atoms with Gasteiger partial charge in [0.15, 0.2) is 5.76 Å². The standard InChI is InChI=1S/C30H30N2O6/c1-19-6-7-20(2)28(14-19)38-26-16-22(15-23(17-26)32(34)35)31-29(33)27-13-12-25(37-27)18-36-24-10-8-21(9-11-24)30(3,4)5/h6-17H,18H2,1-5H3,(H,31,33). The molecule has 4 aromatic rings. The number of furan rings is 1. The molecule has 0 saturated heterocycles. The molecule has 0 bridgehead atoms. The van der Waals surface area contributed by atoms with Crippen molar-refractivity contribution in [3.63, 3.8) is 0 Å². The molecule has 0 fully saturated rings. The van der Waals surface area contributed by atoms with Crippen molar-refractivity contribution < 1.29 is 23.6 Å². The van der Waals surface area contributed by atoms with Gasteiger partial charge in [-0.2, -0.15) is 0 Å². The summed E-state index contributed by atoms with van der Waals surface area (Å²) in [5.74, 6) is 1.46. The largest absolute Gasteiger partial charge is 0.486 e. The number of aryl methyl sites for hydroxylation is 2. The van der Waals surface area contributed by atoms with Crippen molar-refractivity contribution in [1.82, 2.24) is 0 Å². The van der Waals surface area contributed by atoms with E-state index in [1.807, 2.05) is 56.3 Å². The first kappa shape index (κ1) is 26.5. The van der Waals surface area contributed by atoms with E-state index in [1.54, 1.807) is 6.07 Å². The Bertz CT molecular complexity index is 1470. The topological polar surface area (TPSA) is 104 Å². The molecule has 0 unspecified atom stereocenters. The molecular weight excluding hydrogens is 484 g/mol. The smallest absolute Gasteiger partial charge is 0.291 e. The van der Waals surface area contributed by atoms with Gasteiger partial charge in [-0.3, -0.25) is 14.9 Å². The van der Waals surface area contributed by atoms with Gasteiger partial charge in [0.05, 0.1) is 16.7 Å². The number of nitro groups is 1. The third-order valence-corrected chi connectivity index (χ3v) is 5.92. The molecule has 1 heterocycles. The molecule has 8 heteroatoms. The van der Waals surface area contributed by atoms with E-state index in [0.717, 1.165) is 11.1 Å². The van der Waals surface area contributed by atoms with Gasteiger partial charge < -0.3 is 19.2 Å². The molecule has 0 aliphatic carbocycles. The van der Waals surface area contributed by atoms with E-state index in [2.05, 4.69) is 26.1 Å². The van der Waals surface area contributed by atoms with Crippen LogP contribution in [-0.4, -0.2) is 10.8 Å². The number of non-ortho nitro benzene ring substituents is 1. The second kappa shape index (κ2) is 10.8. The Morgan fingerprint density at radius 3 is 2.37 bits per heavy atom. The molecule has 1 aromatic heterocycles. The van der Waals surface area contributed by atoms with Crippen LogP contribution in [-0.2, 0) is 12.0 Å². The Kier molecular flexibility index (Phi) is 7.52. The Morgan fingerprint density at radius 1 is 0.947 bits per heavy atom. The first-order chi connectivity index (χ1) is 18.0. The summed E-state index contributed by atoms with van der Waals surface area (Å²) in [7, 11) is 0. The number of hydrogen-bond donors (Lipinski definition) is 1. The number of nitro benzene ring substituents is 1. The number of ether oxygens (including phenoxy) is 2. The number of rotatable bonds is 8. The average Bonchev–Trinajstić information content (AvgIpc) is 3.34. The van der Waals surface area contributed by atoms with Gasteiger partial charge in [-0.25, -0.2) is 0 Å². The minimum Gasteiger partial charge on any atom is -0.486 e. The van der Waals surface area contributed by atoms with E-state index in [9.17, 15) is 14.9 Å². The average molecular weight is 515 g/mol. The minimum absolute atomic E-state index is 0.0490. The van der Waals surface area contributed by atoms with Crippen LogP contribution in [0.3, 0.4) is 0 Å². The van der Waals surface area contributed by atoms with Crippen molar-refractivity contribution >= 4 is 17.3 Å². The summed E-state index contributed by atoms with van der Waals surface area (Å²) >= 11 is 0. The van der Waals surface area contributed by atoms with Crippen LogP contribution in [0.15, 0.2) is 77.2 Å². The van der Waals surface area contributed by atoms with Gasteiger partial charge >= 0.3 is 0 Å². The molecule has 1 N–H and O–H groups in total. The van der Waals surface area contributed by atoms with Crippen LogP contribution in [0.1, 0.15) is 53.8 Å². The summed E-state index contributed by atoms with van der Waals surface area (Å²) in [6.07, 6.45) is 0. The zero-order valence-electron chi connectivity index (χ0n) is 22.0. The van der Waals surface area contributed by atoms with Gasteiger partial charge in [0, 0.05) is 12.1 Å².